The minimum atomic E-state index is -2.24. The number of para-hydroxylation sites is 3. The summed E-state index contributed by atoms with van der Waals surface area (Å²) in [5.41, 5.74) is 6.37. The van der Waals surface area contributed by atoms with Gasteiger partial charge in [0, 0.05) is 40.3 Å². The quantitative estimate of drug-likeness (QED) is 0.134. The van der Waals surface area contributed by atoms with Crippen LogP contribution in [-0.2, 0) is 0 Å². The maximum atomic E-state index is 5.52. The fraction of sp³-hybridized carbons (Fsp3) is 0. The molecule has 0 saturated carbocycles. The van der Waals surface area contributed by atoms with Crippen LogP contribution in [-0.4, -0.2) is 14.4 Å². The molecular weight excluding hydrogens is 537 g/mol. The summed E-state index contributed by atoms with van der Waals surface area (Å²) in [6.45, 7) is -2.24. The molecule has 0 aliphatic rings. The molecule has 3 heterocycles. The summed E-state index contributed by atoms with van der Waals surface area (Å²) in [6.07, 6.45) is 3.97. The molecule has 0 aliphatic heterocycles. The highest BCUT2D eigenvalue weighted by molar-refractivity contribution is 8.61. The Labute approximate surface area is 243 Å². The number of nitrogens with zero attached hydrogens (tertiary/aromatic N) is 3. The monoisotopic (exact) mass is 562 g/mol. The molecule has 3 nitrogen and oxygen atoms in total. The summed E-state index contributed by atoms with van der Waals surface area (Å²) in [6, 6.07) is 47.1. The van der Waals surface area contributed by atoms with Crippen molar-refractivity contribution in [2.24, 2.45) is 0 Å². The second kappa shape index (κ2) is 9.55. The molecule has 0 N–H and O–H groups in total. The van der Waals surface area contributed by atoms with Crippen molar-refractivity contribution in [3.63, 3.8) is 0 Å². The molecule has 5 heteroatoms. The van der Waals surface area contributed by atoms with E-state index < -0.39 is 6.46 Å². The Morgan fingerprint density at radius 3 is 1.95 bits per heavy atom. The Balaban J connectivity index is 1.46. The van der Waals surface area contributed by atoms with E-state index in [-0.39, 0.29) is 0 Å². The van der Waals surface area contributed by atoms with Gasteiger partial charge in [0.25, 0.3) is 0 Å². The highest BCUT2D eigenvalue weighted by Gasteiger charge is 2.43. The predicted octanol–water partition coefficient (Wildman–Crippen LogP) is 7.99. The maximum absolute atomic E-state index is 5.52. The summed E-state index contributed by atoms with van der Waals surface area (Å²) in [4.78, 5) is 9.94. The Morgan fingerprint density at radius 1 is 0.561 bits per heavy atom. The van der Waals surface area contributed by atoms with Crippen LogP contribution >= 0.6 is 18.7 Å². The first-order chi connectivity index (χ1) is 20.2. The van der Waals surface area contributed by atoms with Crippen molar-refractivity contribution in [3.8, 4) is 11.1 Å². The van der Waals surface area contributed by atoms with Crippen LogP contribution in [0, 0.1) is 0 Å². The van der Waals surface area contributed by atoms with Gasteiger partial charge >= 0.3 is 0 Å². The second-order valence-electron chi connectivity index (χ2n) is 10.2. The zero-order chi connectivity index (χ0) is 27.4. The first-order valence-corrected chi connectivity index (χ1v) is 16.6. The van der Waals surface area contributed by atoms with Crippen LogP contribution in [0.15, 0.2) is 146 Å². The minimum absolute atomic E-state index is 0.968. The van der Waals surface area contributed by atoms with Gasteiger partial charge in [0.15, 0.2) is 6.46 Å². The van der Waals surface area contributed by atoms with Gasteiger partial charge in [-0.05, 0) is 47.9 Å². The van der Waals surface area contributed by atoms with Crippen LogP contribution in [0.1, 0.15) is 0 Å². The van der Waals surface area contributed by atoms with E-state index >= 15 is 0 Å². The lowest BCUT2D eigenvalue weighted by Crippen LogP contribution is -2.27. The van der Waals surface area contributed by atoms with E-state index in [1.165, 1.54) is 21.4 Å². The van der Waals surface area contributed by atoms with Gasteiger partial charge in [-0.3, -0.25) is 9.38 Å². The predicted molar refractivity (Wildman–Crippen MR) is 179 cm³/mol. The molecule has 8 aromatic rings. The number of fused-ring (bicyclic) bond motifs is 8. The van der Waals surface area contributed by atoms with E-state index in [1.54, 1.807) is 0 Å². The van der Waals surface area contributed by atoms with Crippen molar-refractivity contribution in [2.45, 2.75) is 0 Å². The molecule has 0 saturated heterocycles. The smallest absolute Gasteiger partial charge is 0.169 e. The summed E-state index contributed by atoms with van der Waals surface area (Å²) in [5, 5.41) is 7.08. The Morgan fingerprint density at radius 2 is 1.20 bits per heavy atom. The van der Waals surface area contributed by atoms with E-state index in [9.17, 15) is 0 Å². The molecule has 0 aliphatic carbocycles. The molecular formula is C36H25N3PS+. The average Bonchev–Trinajstić information content (AvgIpc) is 3.45. The van der Waals surface area contributed by atoms with Gasteiger partial charge < -0.3 is 0 Å². The van der Waals surface area contributed by atoms with Crippen molar-refractivity contribution in [3.05, 3.63) is 146 Å². The molecule has 41 heavy (non-hydrogen) atoms. The SMILES string of the molecule is S[P+](c1ccccc1)(c1ccccc1)c1cncc(-c2cccc3c4ccccc4c4nc5ccccc5n4c23)c1. The molecule has 0 atom stereocenters. The third kappa shape index (κ3) is 3.72. The number of benzene rings is 5. The van der Waals surface area contributed by atoms with Crippen molar-refractivity contribution in [1.82, 2.24) is 14.4 Å². The minimum Gasteiger partial charge on any atom is -0.291 e. The molecule has 0 amide bonds. The van der Waals surface area contributed by atoms with E-state index in [1.807, 2.05) is 12.4 Å². The lowest BCUT2D eigenvalue weighted by atomic mass is 9.99. The average molecular weight is 563 g/mol. The van der Waals surface area contributed by atoms with Gasteiger partial charge in [-0.25, -0.2) is 4.98 Å². The molecule has 0 fully saturated rings. The number of aromatic nitrogens is 3. The summed E-state index contributed by atoms with van der Waals surface area (Å²) >= 11 is 5.52. The van der Waals surface area contributed by atoms with Crippen LogP contribution in [0.3, 0.4) is 0 Å². The lowest BCUT2D eigenvalue weighted by Gasteiger charge is -2.21. The van der Waals surface area contributed by atoms with Crippen molar-refractivity contribution >= 4 is 73.0 Å². The highest BCUT2D eigenvalue weighted by Crippen LogP contribution is 2.60. The zero-order valence-corrected chi connectivity index (χ0v) is 23.9. The topological polar surface area (TPSA) is 30.2 Å². The van der Waals surface area contributed by atoms with Gasteiger partial charge in [-0.2, -0.15) is 0 Å². The van der Waals surface area contributed by atoms with Crippen LogP contribution in [0.5, 0.6) is 0 Å². The third-order valence-corrected chi connectivity index (χ3v) is 13.1. The third-order valence-electron chi connectivity index (χ3n) is 7.95. The largest absolute Gasteiger partial charge is 0.291 e. The Hall–Kier alpha value is -4.50. The number of imidazole rings is 1. The molecule has 0 bridgehead atoms. The Bertz CT molecular complexity index is 2190. The normalized spacial score (nSPS) is 12.0. The zero-order valence-electron chi connectivity index (χ0n) is 22.1. The maximum Gasteiger partial charge on any atom is 0.169 e. The first kappa shape index (κ1) is 24.3. The van der Waals surface area contributed by atoms with Gasteiger partial charge in [0.05, 0.1) is 22.7 Å². The van der Waals surface area contributed by atoms with Crippen molar-refractivity contribution < 1.29 is 0 Å². The van der Waals surface area contributed by atoms with E-state index in [0.717, 1.165) is 44.0 Å². The molecule has 0 spiro atoms. The lowest BCUT2D eigenvalue weighted by molar-refractivity contribution is 1.31. The van der Waals surface area contributed by atoms with Gasteiger partial charge in [-0.1, -0.05) is 91.0 Å². The summed E-state index contributed by atoms with van der Waals surface area (Å²) in [5.74, 6) is 0. The van der Waals surface area contributed by atoms with Crippen LogP contribution < -0.4 is 15.9 Å². The van der Waals surface area contributed by atoms with Crippen molar-refractivity contribution in [1.29, 1.82) is 0 Å². The van der Waals surface area contributed by atoms with Gasteiger partial charge in [-0.15, -0.1) is 0 Å². The second-order valence-corrected chi connectivity index (χ2v) is 14.9. The van der Waals surface area contributed by atoms with E-state index in [4.69, 9.17) is 22.2 Å². The first-order valence-electron chi connectivity index (χ1n) is 13.6. The summed E-state index contributed by atoms with van der Waals surface area (Å²) in [7, 11) is 0. The molecule has 3 aromatic heterocycles. The van der Waals surface area contributed by atoms with Crippen LogP contribution in [0.4, 0.5) is 0 Å². The fourth-order valence-corrected chi connectivity index (χ4v) is 9.86. The number of pyridine rings is 2. The number of hydrogen-bond donors (Lipinski definition) is 1. The molecule has 8 rings (SSSR count). The van der Waals surface area contributed by atoms with Crippen LogP contribution in [0.2, 0.25) is 0 Å². The number of thiol groups is 1. The number of rotatable bonds is 4. The van der Waals surface area contributed by atoms with E-state index in [0.29, 0.717) is 0 Å². The van der Waals surface area contributed by atoms with Crippen LogP contribution in [0.25, 0.3) is 49.5 Å². The van der Waals surface area contributed by atoms with Crippen molar-refractivity contribution in [2.75, 3.05) is 0 Å². The molecule has 0 unspecified atom stereocenters. The fourth-order valence-electron chi connectivity index (χ4n) is 6.07. The van der Waals surface area contributed by atoms with Gasteiger partial charge in [0.1, 0.15) is 21.6 Å². The van der Waals surface area contributed by atoms with E-state index in [2.05, 4.69) is 138 Å². The molecule has 0 radical (unpaired) electrons. The highest BCUT2D eigenvalue weighted by atomic mass is 32.7. The summed E-state index contributed by atoms with van der Waals surface area (Å²) < 4.78 is 2.33. The molecule has 194 valence electrons. The van der Waals surface area contributed by atoms with Gasteiger partial charge in [0.2, 0.25) is 0 Å². The molecule has 5 aromatic carbocycles. The number of hydrogen-bond acceptors (Lipinski definition) is 3. The standard InChI is InChI=1S/C36H25N3PS/c41-40(26-12-3-1-4-13-26,27-14-5-2-6-15-27)28-22-25(23-37-24-28)29-18-11-19-31-30-16-7-8-17-32(30)36-38-33-20-9-10-21-34(33)39(36)35(29)31/h1-24,41H/q+1. The Kier molecular flexibility index (Phi) is 5.67.